The summed E-state index contributed by atoms with van der Waals surface area (Å²) in [5.74, 6) is 1.07. The number of carbonyl (C=O) groups excluding carboxylic acids is 1. The van der Waals surface area contributed by atoms with Crippen LogP contribution in [0.15, 0.2) is 24.3 Å². The van der Waals surface area contributed by atoms with Crippen molar-refractivity contribution in [2.45, 2.75) is 25.3 Å². The van der Waals surface area contributed by atoms with Crippen molar-refractivity contribution >= 4 is 16.8 Å². The van der Waals surface area contributed by atoms with Gasteiger partial charge in [0.05, 0.1) is 5.52 Å². The van der Waals surface area contributed by atoms with Gasteiger partial charge in [0.2, 0.25) is 0 Å². The molecule has 3 unspecified atom stereocenters. The molecule has 1 saturated carbocycles. The van der Waals surface area contributed by atoms with Gasteiger partial charge in [0.15, 0.2) is 5.69 Å². The first kappa shape index (κ1) is 12.8. The molecule has 110 valence electrons. The molecular weight excluding hydrogens is 264 g/mol. The van der Waals surface area contributed by atoms with Gasteiger partial charge >= 0.3 is 0 Å². The van der Waals surface area contributed by atoms with E-state index in [2.05, 4.69) is 10.2 Å². The Balaban J connectivity index is 1.61. The van der Waals surface area contributed by atoms with Crippen LogP contribution in [0.2, 0.25) is 0 Å². The zero-order chi connectivity index (χ0) is 14.4. The smallest absolute Gasteiger partial charge is 0.275 e. The summed E-state index contributed by atoms with van der Waals surface area (Å²) in [5.41, 5.74) is 7.68. The van der Waals surface area contributed by atoms with Crippen LogP contribution in [0.5, 0.6) is 0 Å². The lowest BCUT2D eigenvalue weighted by molar-refractivity contribution is 0.0779. The average Bonchev–Trinajstić information content (AvgIpc) is 3.11. The van der Waals surface area contributed by atoms with E-state index in [1.54, 1.807) is 0 Å². The minimum atomic E-state index is 0.0362. The molecule has 5 nitrogen and oxygen atoms in total. The predicted octanol–water partition coefficient (Wildman–Crippen LogP) is 1.76. The van der Waals surface area contributed by atoms with Gasteiger partial charge in [-0.3, -0.25) is 9.89 Å². The summed E-state index contributed by atoms with van der Waals surface area (Å²) in [6, 6.07) is 8.02. The molecule has 1 aromatic heterocycles. The third-order valence-corrected chi connectivity index (χ3v) is 5.11. The molecule has 2 aliphatic rings. The SMILES string of the molecule is NC1CCCC2CN(C(=O)c3n[nH]c4ccccc34)CC12. The molecule has 0 spiro atoms. The fraction of sp³-hybridized carbons (Fsp3) is 0.500. The zero-order valence-electron chi connectivity index (χ0n) is 12.0. The number of carbonyl (C=O) groups is 1. The molecule has 2 aromatic rings. The summed E-state index contributed by atoms with van der Waals surface area (Å²) < 4.78 is 0. The van der Waals surface area contributed by atoms with Crippen LogP contribution >= 0.6 is 0 Å². The normalized spacial score (nSPS) is 28.8. The minimum Gasteiger partial charge on any atom is -0.337 e. The molecule has 1 amide bonds. The fourth-order valence-corrected chi connectivity index (χ4v) is 3.96. The van der Waals surface area contributed by atoms with Crippen molar-refractivity contribution in [3.63, 3.8) is 0 Å². The number of likely N-dealkylation sites (tertiary alicyclic amines) is 1. The second-order valence-electron chi connectivity index (χ2n) is 6.35. The molecule has 0 radical (unpaired) electrons. The Bertz CT molecular complexity index is 680. The number of hydrogen-bond acceptors (Lipinski definition) is 3. The molecule has 4 rings (SSSR count). The molecule has 1 saturated heterocycles. The van der Waals surface area contributed by atoms with Crippen LogP contribution in [-0.4, -0.2) is 40.1 Å². The van der Waals surface area contributed by atoms with Crippen LogP contribution in [0, 0.1) is 11.8 Å². The van der Waals surface area contributed by atoms with Gasteiger partial charge in [0.1, 0.15) is 0 Å². The molecule has 5 heteroatoms. The fourth-order valence-electron chi connectivity index (χ4n) is 3.96. The Hall–Kier alpha value is -1.88. The van der Waals surface area contributed by atoms with Gasteiger partial charge in [-0.1, -0.05) is 24.6 Å². The first-order chi connectivity index (χ1) is 10.2. The van der Waals surface area contributed by atoms with Gasteiger partial charge < -0.3 is 10.6 Å². The molecule has 1 aromatic carbocycles. The van der Waals surface area contributed by atoms with Crippen molar-refractivity contribution in [3.8, 4) is 0 Å². The van der Waals surface area contributed by atoms with Crippen molar-refractivity contribution in [3.05, 3.63) is 30.0 Å². The highest BCUT2D eigenvalue weighted by atomic mass is 16.2. The number of nitrogens with zero attached hydrogens (tertiary/aromatic N) is 2. The van der Waals surface area contributed by atoms with E-state index in [-0.39, 0.29) is 11.9 Å². The summed E-state index contributed by atoms with van der Waals surface area (Å²) in [7, 11) is 0. The number of nitrogens with two attached hydrogens (primary N) is 1. The maximum atomic E-state index is 12.8. The van der Waals surface area contributed by atoms with E-state index >= 15 is 0 Å². The van der Waals surface area contributed by atoms with E-state index in [1.165, 1.54) is 12.8 Å². The van der Waals surface area contributed by atoms with Crippen molar-refractivity contribution in [1.82, 2.24) is 15.1 Å². The highest BCUT2D eigenvalue weighted by molar-refractivity contribution is 6.04. The second-order valence-corrected chi connectivity index (χ2v) is 6.35. The highest BCUT2D eigenvalue weighted by Gasteiger charge is 2.41. The van der Waals surface area contributed by atoms with E-state index in [0.29, 0.717) is 17.5 Å². The third-order valence-electron chi connectivity index (χ3n) is 5.11. The van der Waals surface area contributed by atoms with E-state index in [0.717, 1.165) is 30.4 Å². The Labute approximate surface area is 123 Å². The number of nitrogens with one attached hydrogen (secondary N) is 1. The Kier molecular flexibility index (Phi) is 2.96. The summed E-state index contributed by atoms with van der Waals surface area (Å²) in [5, 5.41) is 8.07. The van der Waals surface area contributed by atoms with E-state index < -0.39 is 0 Å². The lowest BCUT2D eigenvalue weighted by atomic mass is 9.78. The molecule has 0 bridgehead atoms. The first-order valence-electron chi connectivity index (χ1n) is 7.72. The molecule has 2 fully saturated rings. The van der Waals surface area contributed by atoms with Gasteiger partial charge in [-0.15, -0.1) is 0 Å². The average molecular weight is 284 g/mol. The minimum absolute atomic E-state index is 0.0362. The van der Waals surface area contributed by atoms with E-state index in [9.17, 15) is 4.79 Å². The number of hydrogen-bond donors (Lipinski definition) is 2. The monoisotopic (exact) mass is 284 g/mol. The number of fused-ring (bicyclic) bond motifs is 2. The Morgan fingerprint density at radius 3 is 3.00 bits per heavy atom. The molecule has 3 atom stereocenters. The maximum absolute atomic E-state index is 12.8. The maximum Gasteiger partial charge on any atom is 0.275 e. The number of aromatic amines is 1. The number of benzene rings is 1. The predicted molar refractivity (Wildman–Crippen MR) is 80.8 cm³/mol. The number of aromatic nitrogens is 2. The number of amides is 1. The van der Waals surface area contributed by atoms with E-state index in [1.807, 2.05) is 29.2 Å². The van der Waals surface area contributed by atoms with Crippen molar-refractivity contribution in [2.24, 2.45) is 17.6 Å². The summed E-state index contributed by atoms with van der Waals surface area (Å²) in [6.07, 6.45) is 3.48. The first-order valence-corrected chi connectivity index (χ1v) is 7.72. The van der Waals surface area contributed by atoms with Gasteiger partial charge in [-0.05, 0) is 30.7 Å². The van der Waals surface area contributed by atoms with Gasteiger partial charge in [-0.2, -0.15) is 5.10 Å². The van der Waals surface area contributed by atoms with Crippen LogP contribution in [0.1, 0.15) is 29.8 Å². The summed E-state index contributed by atoms with van der Waals surface area (Å²) in [6.45, 7) is 1.62. The standard InChI is InChI=1S/C16H20N4O/c17-13-6-3-4-10-8-20(9-12(10)13)16(21)15-11-5-1-2-7-14(11)18-19-15/h1-2,5,7,10,12-13H,3-4,6,8-9,17H2,(H,18,19). The van der Waals surface area contributed by atoms with Crippen LogP contribution in [0.4, 0.5) is 0 Å². The van der Waals surface area contributed by atoms with E-state index in [4.69, 9.17) is 5.73 Å². The van der Waals surface area contributed by atoms with Gasteiger partial charge in [0, 0.05) is 24.5 Å². The molecule has 2 heterocycles. The topological polar surface area (TPSA) is 75.0 Å². The zero-order valence-corrected chi connectivity index (χ0v) is 12.0. The number of para-hydroxylation sites is 1. The molecule has 21 heavy (non-hydrogen) atoms. The van der Waals surface area contributed by atoms with Crippen LogP contribution < -0.4 is 5.73 Å². The van der Waals surface area contributed by atoms with Crippen molar-refractivity contribution in [1.29, 1.82) is 0 Å². The second kappa shape index (κ2) is 4.84. The Morgan fingerprint density at radius 1 is 1.29 bits per heavy atom. The lowest BCUT2D eigenvalue weighted by Crippen LogP contribution is -2.38. The molecule has 3 N–H and O–H groups in total. The van der Waals surface area contributed by atoms with Crippen LogP contribution in [-0.2, 0) is 0 Å². The van der Waals surface area contributed by atoms with Crippen LogP contribution in [0.3, 0.4) is 0 Å². The van der Waals surface area contributed by atoms with Crippen LogP contribution in [0.25, 0.3) is 10.9 Å². The molecule has 1 aliphatic carbocycles. The Morgan fingerprint density at radius 2 is 2.14 bits per heavy atom. The third kappa shape index (κ3) is 2.03. The number of H-pyrrole nitrogens is 1. The lowest BCUT2D eigenvalue weighted by Gasteiger charge is -2.29. The van der Waals surface area contributed by atoms with Gasteiger partial charge in [0.25, 0.3) is 5.91 Å². The molecule has 1 aliphatic heterocycles. The van der Waals surface area contributed by atoms with Crippen molar-refractivity contribution < 1.29 is 4.79 Å². The summed E-state index contributed by atoms with van der Waals surface area (Å²) in [4.78, 5) is 14.7. The largest absolute Gasteiger partial charge is 0.337 e. The quantitative estimate of drug-likeness (QED) is 0.838. The number of rotatable bonds is 1. The molecular formula is C16H20N4O. The highest BCUT2D eigenvalue weighted by Crippen LogP contribution is 2.36. The van der Waals surface area contributed by atoms with Gasteiger partial charge in [-0.25, -0.2) is 0 Å². The summed E-state index contributed by atoms with van der Waals surface area (Å²) >= 11 is 0. The van der Waals surface area contributed by atoms with Crippen molar-refractivity contribution in [2.75, 3.05) is 13.1 Å².